The van der Waals surface area contributed by atoms with E-state index in [4.69, 9.17) is 9.47 Å². The topological polar surface area (TPSA) is 52.6 Å². The van der Waals surface area contributed by atoms with Crippen molar-refractivity contribution in [1.82, 2.24) is 0 Å². The van der Waals surface area contributed by atoms with E-state index in [1.807, 2.05) is 0 Å². The van der Waals surface area contributed by atoms with Crippen LogP contribution < -0.4 is 0 Å². The normalized spacial score (nSPS) is 16.9. The summed E-state index contributed by atoms with van der Waals surface area (Å²) in [5.74, 6) is -0.910. The Morgan fingerprint density at radius 1 is 1.05 bits per heavy atom. The Bertz CT molecular complexity index is 365. The van der Waals surface area contributed by atoms with Crippen LogP contribution in [0.4, 0.5) is 0 Å². The molecule has 0 spiro atoms. The van der Waals surface area contributed by atoms with Crippen LogP contribution in [0.5, 0.6) is 0 Å². The first-order chi connectivity index (χ1) is 9.87. The minimum absolute atomic E-state index is 0.0173. The standard InChI is InChI=1S/C16H28O4Si/c1-21(2,3)13-7-12-19-15(17)10-11-16(18)20-14-8-5-4-6-9-14/h10-11,14H,4-9,12-13H2,1-3H3. The van der Waals surface area contributed by atoms with E-state index >= 15 is 0 Å². The second-order valence-electron chi connectivity index (χ2n) is 6.86. The number of hydrogen-bond donors (Lipinski definition) is 0. The maximum atomic E-state index is 11.6. The van der Waals surface area contributed by atoms with E-state index < -0.39 is 20.0 Å². The summed E-state index contributed by atoms with van der Waals surface area (Å²) in [5, 5.41) is 0. The first kappa shape index (κ1) is 17.9. The Morgan fingerprint density at radius 3 is 2.29 bits per heavy atom. The van der Waals surface area contributed by atoms with Crippen molar-refractivity contribution in [1.29, 1.82) is 0 Å². The molecular formula is C16H28O4Si. The van der Waals surface area contributed by atoms with Gasteiger partial charge in [-0.05, 0) is 32.1 Å². The van der Waals surface area contributed by atoms with E-state index in [1.54, 1.807) is 0 Å². The monoisotopic (exact) mass is 312 g/mol. The zero-order valence-corrected chi connectivity index (χ0v) is 14.5. The molecule has 0 atom stereocenters. The third-order valence-electron chi connectivity index (χ3n) is 3.51. The van der Waals surface area contributed by atoms with Crippen molar-refractivity contribution in [2.45, 2.75) is 70.3 Å². The summed E-state index contributed by atoms with van der Waals surface area (Å²) in [6, 6.07) is 1.13. The number of carbonyl (C=O) groups is 2. The first-order valence-electron chi connectivity index (χ1n) is 7.92. The van der Waals surface area contributed by atoms with Gasteiger partial charge in [0.15, 0.2) is 0 Å². The molecule has 0 heterocycles. The summed E-state index contributed by atoms with van der Waals surface area (Å²) in [7, 11) is -1.07. The second-order valence-corrected chi connectivity index (χ2v) is 12.5. The van der Waals surface area contributed by atoms with Crippen LogP contribution in [-0.2, 0) is 19.1 Å². The highest BCUT2D eigenvalue weighted by molar-refractivity contribution is 6.76. The molecule has 120 valence electrons. The van der Waals surface area contributed by atoms with Gasteiger partial charge < -0.3 is 9.47 Å². The molecular weight excluding hydrogens is 284 g/mol. The Hall–Kier alpha value is -1.10. The Morgan fingerprint density at radius 2 is 1.67 bits per heavy atom. The van der Waals surface area contributed by atoms with Gasteiger partial charge >= 0.3 is 11.9 Å². The summed E-state index contributed by atoms with van der Waals surface area (Å²) in [6.45, 7) is 7.28. The molecule has 1 aliphatic rings. The molecule has 0 bridgehead atoms. The van der Waals surface area contributed by atoms with E-state index in [2.05, 4.69) is 19.6 Å². The van der Waals surface area contributed by atoms with Crippen molar-refractivity contribution in [2.24, 2.45) is 0 Å². The molecule has 1 saturated carbocycles. The third kappa shape index (κ3) is 9.45. The first-order valence-corrected chi connectivity index (χ1v) is 11.6. The molecule has 0 unspecified atom stereocenters. The zero-order chi connectivity index (χ0) is 15.7. The molecule has 0 aromatic carbocycles. The lowest BCUT2D eigenvalue weighted by atomic mass is 9.98. The molecule has 0 radical (unpaired) electrons. The SMILES string of the molecule is C[Si](C)(C)CCCOC(=O)C=CC(=O)OC1CCCCC1. The second kappa shape index (κ2) is 9.03. The van der Waals surface area contributed by atoms with Crippen molar-refractivity contribution in [3.8, 4) is 0 Å². The minimum Gasteiger partial charge on any atom is -0.463 e. The lowest BCUT2D eigenvalue weighted by Gasteiger charge is -2.20. The van der Waals surface area contributed by atoms with E-state index in [9.17, 15) is 9.59 Å². The van der Waals surface area contributed by atoms with Crippen molar-refractivity contribution >= 4 is 20.0 Å². The van der Waals surface area contributed by atoms with Crippen LogP contribution in [0.1, 0.15) is 38.5 Å². The van der Waals surface area contributed by atoms with Crippen molar-refractivity contribution in [3.63, 3.8) is 0 Å². The smallest absolute Gasteiger partial charge is 0.331 e. The van der Waals surface area contributed by atoms with E-state index in [-0.39, 0.29) is 6.10 Å². The van der Waals surface area contributed by atoms with Gasteiger partial charge in [-0.3, -0.25) is 0 Å². The van der Waals surface area contributed by atoms with Crippen molar-refractivity contribution in [2.75, 3.05) is 6.61 Å². The van der Waals surface area contributed by atoms with Crippen LogP contribution in [0.3, 0.4) is 0 Å². The van der Waals surface area contributed by atoms with Crippen LogP contribution in [0.2, 0.25) is 25.7 Å². The summed E-state index contributed by atoms with van der Waals surface area (Å²) in [6.07, 6.45) is 8.55. The maximum absolute atomic E-state index is 11.6. The molecule has 1 rings (SSSR count). The molecule has 0 aromatic heterocycles. The van der Waals surface area contributed by atoms with Gasteiger partial charge in [0, 0.05) is 20.2 Å². The molecule has 21 heavy (non-hydrogen) atoms. The van der Waals surface area contributed by atoms with Crippen molar-refractivity contribution in [3.05, 3.63) is 12.2 Å². The van der Waals surface area contributed by atoms with Crippen LogP contribution in [-0.4, -0.2) is 32.7 Å². The van der Waals surface area contributed by atoms with E-state index in [0.29, 0.717) is 6.61 Å². The average Bonchev–Trinajstić information content (AvgIpc) is 2.41. The zero-order valence-electron chi connectivity index (χ0n) is 13.5. The van der Waals surface area contributed by atoms with E-state index in [0.717, 1.165) is 38.1 Å². The van der Waals surface area contributed by atoms with Gasteiger partial charge in [0.25, 0.3) is 0 Å². The van der Waals surface area contributed by atoms with Crippen LogP contribution in [0.15, 0.2) is 12.2 Å². The summed E-state index contributed by atoms with van der Waals surface area (Å²) < 4.78 is 10.4. The summed E-state index contributed by atoms with van der Waals surface area (Å²) in [5.41, 5.74) is 0. The molecule has 5 heteroatoms. The van der Waals surface area contributed by atoms with Crippen LogP contribution >= 0.6 is 0 Å². The van der Waals surface area contributed by atoms with Gasteiger partial charge in [-0.1, -0.05) is 32.1 Å². The molecule has 0 saturated heterocycles. The molecule has 0 aliphatic heterocycles. The summed E-state index contributed by atoms with van der Waals surface area (Å²) in [4.78, 5) is 23.0. The highest BCUT2D eigenvalue weighted by atomic mass is 28.3. The summed E-state index contributed by atoms with van der Waals surface area (Å²) >= 11 is 0. The predicted octanol–water partition coefficient (Wildman–Crippen LogP) is 3.69. The van der Waals surface area contributed by atoms with Gasteiger partial charge in [-0.15, -0.1) is 0 Å². The lowest BCUT2D eigenvalue weighted by molar-refractivity contribution is -0.145. The Kier molecular flexibility index (Phi) is 7.71. The van der Waals surface area contributed by atoms with Crippen molar-refractivity contribution < 1.29 is 19.1 Å². The lowest BCUT2D eigenvalue weighted by Crippen LogP contribution is -2.20. The molecule has 0 amide bonds. The Labute approximate surface area is 128 Å². The molecule has 0 N–H and O–H groups in total. The number of ether oxygens (including phenoxy) is 2. The highest BCUT2D eigenvalue weighted by Crippen LogP contribution is 2.20. The third-order valence-corrected chi connectivity index (χ3v) is 5.36. The van der Waals surface area contributed by atoms with Gasteiger partial charge in [0.05, 0.1) is 6.61 Å². The molecule has 4 nitrogen and oxygen atoms in total. The highest BCUT2D eigenvalue weighted by Gasteiger charge is 2.16. The fourth-order valence-corrected chi connectivity index (χ4v) is 3.55. The molecule has 1 fully saturated rings. The molecule has 0 aromatic rings. The number of esters is 2. The molecule has 1 aliphatic carbocycles. The minimum atomic E-state index is -1.07. The maximum Gasteiger partial charge on any atom is 0.331 e. The number of carbonyl (C=O) groups excluding carboxylic acids is 2. The predicted molar refractivity (Wildman–Crippen MR) is 85.8 cm³/mol. The van der Waals surface area contributed by atoms with Crippen LogP contribution in [0.25, 0.3) is 0 Å². The number of rotatable bonds is 7. The van der Waals surface area contributed by atoms with Gasteiger partial charge in [-0.25, -0.2) is 9.59 Å². The van der Waals surface area contributed by atoms with Crippen LogP contribution in [0, 0.1) is 0 Å². The van der Waals surface area contributed by atoms with Gasteiger partial charge in [0.2, 0.25) is 0 Å². The number of hydrogen-bond acceptors (Lipinski definition) is 4. The van der Waals surface area contributed by atoms with E-state index in [1.165, 1.54) is 18.6 Å². The fourth-order valence-electron chi connectivity index (χ4n) is 2.35. The Balaban J connectivity index is 2.16. The quantitative estimate of drug-likeness (QED) is 0.311. The average molecular weight is 312 g/mol. The largest absolute Gasteiger partial charge is 0.463 e. The van der Waals surface area contributed by atoms with Gasteiger partial charge in [0.1, 0.15) is 6.10 Å². The van der Waals surface area contributed by atoms with Gasteiger partial charge in [-0.2, -0.15) is 0 Å². The fraction of sp³-hybridized carbons (Fsp3) is 0.750.